The topological polar surface area (TPSA) is 70.4 Å². The summed E-state index contributed by atoms with van der Waals surface area (Å²) in [5.74, 6) is 0. The van der Waals surface area contributed by atoms with Crippen molar-refractivity contribution in [2.45, 2.75) is 57.4 Å². The lowest BCUT2D eigenvalue weighted by Gasteiger charge is -2.34. The van der Waals surface area contributed by atoms with E-state index in [1.54, 1.807) is 0 Å². The molecule has 1 aliphatic heterocycles. The Balaban J connectivity index is 0.000000326. The lowest BCUT2D eigenvalue weighted by Crippen LogP contribution is -2.41. The number of carbonyl (C=O) groups excluding carboxylic acids is 1. The van der Waals surface area contributed by atoms with Crippen LogP contribution >= 0.6 is 0 Å². The van der Waals surface area contributed by atoms with Gasteiger partial charge in [0, 0.05) is 13.1 Å². The van der Waals surface area contributed by atoms with Crippen LogP contribution in [0.5, 0.6) is 0 Å². The molecule has 1 amide bonds. The molecule has 142 valence electrons. The number of piperidine rings is 1. The number of para-hydroxylation sites is 2. The normalized spacial score (nSPS) is 17.2. The number of nitrogens with zero attached hydrogens (tertiary/aromatic N) is 1. The first-order chi connectivity index (χ1) is 12.3. The third kappa shape index (κ3) is 7.88. The van der Waals surface area contributed by atoms with E-state index in [0.29, 0.717) is 6.04 Å². The van der Waals surface area contributed by atoms with Gasteiger partial charge in [-0.25, -0.2) is 0 Å². The second-order valence-corrected chi connectivity index (χ2v) is 6.49. The predicted molar refractivity (Wildman–Crippen MR) is 108 cm³/mol. The fraction of sp³-hybridized carbons (Fsp3) is 0.650. The number of amides is 1. The molecule has 0 unspecified atom stereocenters. The fourth-order valence-corrected chi connectivity index (χ4v) is 3.42. The summed E-state index contributed by atoms with van der Waals surface area (Å²) in [6, 6.07) is 8.47. The molecule has 0 bridgehead atoms. The maximum absolute atomic E-state index is 10.6. The van der Waals surface area contributed by atoms with Crippen LogP contribution in [0, 0.1) is 0 Å². The Morgan fingerprint density at radius 1 is 1.04 bits per heavy atom. The summed E-state index contributed by atoms with van der Waals surface area (Å²) in [4.78, 5) is 12.9. The van der Waals surface area contributed by atoms with Crippen LogP contribution in [-0.2, 0) is 4.79 Å². The van der Waals surface area contributed by atoms with Gasteiger partial charge in [0.15, 0.2) is 0 Å². The lowest BCUT2D eigenvalue weighted by molar-refractivity contribution is -0.105. The van der Waals surface area contributed by atoms with Crippen molar-refractivity contribution in [2.75, 3.05) is 37.4 Å². The first-order valence-electron chi connectivity index (χ1n) is 9.63. The second-order valence-electron chi connectivity index (χ2n) is 6.49. The zero-order valence-electron chi connectivity index (χ0n) is 16.0. The zero-order valence-corrected chi connectivity index (χ0v) is 16.0. The number of hydrogen-bond donors (Lipinski definition) is 3. The largest absolute Gasteiger partial charge is 0.370 e. The van der Waals surface area contributed by atoms with Crippen LogP contribution in [0.25, 0.3) is 0 Å². The molecule has 1 heterocycles. The summed E-state index contributed by atoms with van der Waals surface area (Å²) in [6.07, 6.45) is 12.0. The maximum atomic E-state index is 10.6. The third-order valence-corrected chi connectivity index (χ3v) is 4.85. The van der Waals surface area contributed by atoms with Gasteiger partial charge in [0.05, 0.1) is 11.4 Å². The third-order valence-electron chi connectivity index (χ3n) is 4.85. The maximum Gasteiger partial charge on any atom is 0.211 e. The molecular weight excluding hydrogens is 312 g/mol. The van der Waals surface area contributed by atoms with Gasteiger partial charge in [-0.3, -0.25) is 4.79 Å². The SMILES string of the molecule is C1CCCCC1.CN.CN(c1ccccc1NC=O)C1CCNCC1. The number of carbonyl (C=O) groups is 1. The van der Waals surface area contributed by atoms with E-state index in [9.17, 15) is 4.79 Å². The van der Waals surface area contributed by atoms with Gasteiger partial charge in [-0.2, -0.15) is 0 Å². The van der Waals surface area contributed by atoms with Crippen molar-refractivity contribution in [3.8, 4) is 0 Å². The highest BCUT2D eigenvalue weighted by Crippen LogP contribution is 2.27. The van der Waals surface area contributed by atoms with Crippen LogP contribution in [-0.4, -0.2) is 39.6 Å². The summed E-state index contributed by atoms with van der Waals surface area (Å²) in [7, 11) is 3.60. The summed E-state index contributed by atoms with van der Waals surface area (Å²) in [5.41, 5.74) is 6.47. The fourth-order valence-electron chi connectivity index (χ4n) is 3.42. The van der Waals surface area contributed by atoms with Gasteiger partial charge in [0.2, 0.25) is 6.41 Å². The first kappa shape index (κ1) is 21.5. The molecule has 0 atom stereocenters. The molecule has 1 aromatic carbocycles. The molecule has 0 radical (unpaired) electrons. The Bertz CT molecular complexity index is 445. The van der Waals surface area contributed by atoms with Crippen molar-refractivity contribution >= 4 is 17.8 Å². The minimum absolute atomic E-state index is 0.547. The molecule has 25 heavy (non-hydrogen) atoms. The average molecular weight is 349 g/mol. The molecule has 2 aliphatic rings. The summed E-state index contributed by atoms with van der Waals surface area (Å²) >= 11 is 0. The molecule has 4 N–H and O–H groups in total. The molecule has 5 heteroatoms. The first-order valence-corrected chi connectivity index (χ1v) is 9.63. The van der Waals surface area contributed by atoms with Crippen LogP contribution in [0.15, 0.2) is 24.3 Å². The van der Waals surface area contributed by atoms with Crippen molar-refractivity contribution in [3.05, 3.63) is 24.3 Å². The van der Waals surface area contributed by atoms with E-state index in [4.69, 9.17) is 0 Å². The highest BCUT2D eigenvalue weighted by molar-refractivity contribution is 5.81. The molecule has 5 nitrogen and oxygen atoms in total. The molecule has 0 spiro atoms. The molecule has 1 saturated heterocycles. The molecule has 3 rings (SSSR count). The predicted octanol–water partition coefficient (Wildman–Crippen LogP) is 3.36. The Kier molecular flexibility index (Phi) is 11.7. The molecular formula is C20H36N4O. The van der Waals surface area contributed by atoms with E-state index in [1.165, 1.54) is 45.6 Å². The van der Waals surface area contributed by atoms with Crippen molar-refractivity contribution in [1.29, 1.82) is 0 Å². The van der Waals surface area contributed by atoms with Gasteiger partial charge in [0.25, 0.3) is 0 Å². The monoisotopic (exact) mass is 348 g/mol. The van der Waals surface area contributed by atoms with Gasteiger partial charge in [0.1, 0.15) is 0 Å². The highest BCUT2D eigenvalue weighted by atomic mass is 16.1. The van der Waals surface area contributed by atoms with Crippen LogP contribution in [0.2, 0.25) is 0 Å². The molecule has 1 aliphatic carbocycles. The smallest absolute Gasteiger partial charge is 0.211 e. The molecule has 1 aromatic rings. The number of nitrogens with two attached hydrogens (primary N) is 1. The summed E-state index contributed by atoms with van der Waals surface area (Å²) in [5, 5.41) is 6.12. The van der Waals surface area contributed by atoms with Gasteiger partial charge in [-0.15, -0.1) is 0 Å². The highest BCUT2D eigenvalue weighted by Gasteiger charge is 2.19. The standard InChI is InChI=1S/C13H19N3O.C6H12.CH5N/c1-16(11-6-8-14-9-7-11)13-5-3-2-4-12(13)15-10-17;1-2-4-6-5-3-1;1-2/h2-5,10-11,14H,6-9H2,1H3,(H,15,17);1-6H2;2H2,1H3. The number of benzene rings is 1. The second kappa shape index (κ2) is 13.7. The Morgan fingerprint density at radius 2 is 1.56 bits per heavy atom. The van der Waals surface area contributed by atoms with Crippen LogP contribution < -0.4 is 21.3 Å². The van der Waals surface area contributed by atoms with Crippen molar-refractivity contribution in [3.63, 3.8) is 0 Å². The van der Waals surface area contributed by atoms with Crippen LogP contribution in [0.3, 0.4) is 0 Å². The van der Waals surface area contributed by atoms with Gasteiger partial charge >= 0.3 is 0 Å². The van der Waals surface area contributed by atoms with E-state index in [-0.39, 0.29) is 0 Å². The minimum atomic E-state index is 0.547. The molecule has 2 fully saturated rings. The van der Waals surface area contributed by atoms with E-state index >= 15 is 0 Å². The molecule has 1 saturated carbocycles. The number of rotatable bonds is 4. The molecule has 0 aromatic heterocycles. The number of nitrogens with one attached hydrogen (secondary N) is 2. The van der Waals surface area contributed by atoms with E-state index in [0.717, 1.165) is 43.7 Å². The van der Waals surface area contributed by atoms with E-state index in [2.05, 4.69) is 28.3 Å². The van der Waals surface area contributed by atoms with Gasteiger partial charge in [-0.05, 0) is 45.1 Å². The number of hydrogen-bond acceptors (Lipinski definition) is 4. The van der Waals surface area contributed by atoms with Crippen LogP contribution in [0.1, 0.15) is 51.4 Å². The average Bonchev–Trinajstić information content (AvgIpc) is 2.72. The quantitative estimate of drug-likeness (QED) is 0.730. The van der Waals surface area contributed by atoms with E-state index in [1.807, 2.05) is 24.3 Å². The lowest BCUT2D eigenvalue weighted by atomic mass is 10.0. The Hall–Kier alpha value is -1.59. The zero-order chi connectivity index (χ0) is 18.3. The Labute approximate surface area is 153 Å². The van der Waals surface area contributed by atoms with E-state index < -0.39 is 0 Å². The van der Waals surface area contributed by atoms with Crippen LogP contribution in [0.4, 0.5) is 11.4 Å². The van der Waals surface area contributed by atoms with Gasteiger partial charge in [-0.1, -0.05) is 50.7 Å². The summed E-state index contributed by atoms with van der Waals surface area (Å²) < 4.78 is 0. The summed E-state index contributed by atoms with van der Waals surface area (Å²) in [6.45, 7) is 2.14. The van der Waals surface area contributed by atoms with Crippen molar-refractivity contribution in [1.82, 2.24) is 5.32 Å². The number of anilines is 2. The van der Waals surface area contributed by atoms with Gasteiger partial charge < -0.3 is 21.3 Å². The minimum Gasteiger partial charge on any atom is -0.370 e. The Morgan fingerprint density at radius 3 is 2.08 bits per heavy atom. The van der Waals surface area contributed by atoms with Crippen molar-refractivity contribution in [2.24, 2.45) is 5.73 Å². The van der Waals surface area contributed by atoms with Crippen molar-refractivity contribution < 1.29 is 4.79 Å².